The largest absolute Gasteiger partial charge is 0.389 e. The van der Waals surface area contributed by atoms with E-state index in [2.05, 4.69) is 10.6 Å². The average molecular weight is 337 g/mol. The molecule has 0 aliphatic heterocycles. The van der Waals surface area contributed by atoms with Crippen molar-refractivity contribution in [2.24, 2.45) is 5.92 Å². The first kappa shape index (κ1) is 18.8. The lowest BCUT2D eigenvalue weighted by atomic mass is 10.1. The predicted molar refractivity (Wildman–Crippen MR) is 82.3 cm³/mol. The van der Waals surface area contributed by atoms with E-state index < -0.39 is 12.6 Å². The minimum absolute atomic E-state index is 0. The van der Waals surface area contributed by atoms with Crippen molar-refractivity contribution in [1.29, 1.82) is 0 Å². The SMILES string of the molecule is Cl.O=C(CNCC1CC1)Nc1ccc(CCC(F)(F)F)cc1. The summed E-state index contributed by atoms with van der Waals surface area (Å²) in [7, 11) is 0. The number of alkyl halides is 3. The maximum Gasteiger partial charge on any atom is 0.389 e. The highest BCUT2D eigenvalue weighted by Gasteiger charge is 2.26. The Kier molecular flexibility index (Phi) is 7.16. The molecule has 7 heteroatoms. The van der Waals surface area contributed by atoms with Gasteiger partial charge in [0.1, 0.15) is 0 Å². The van der Waals surface area contributed by atoms with E-state index in [0.717, 1.165) is 6.54 Å². The zero-order chi connectivity index (χ0) is 15.3. The van der Waals surface area contributed by atoms with Crippen LogP contribution in [0.15, 0.2) is 24.3 Å². The molecule has 2 N–H and O–H groups in total. The smallest absolute Gasteiger partial charge is 0.325 e. The lowest BCUT2D eigenvalue weighted by molar-refractivity contribution is -0.134. The molecular formula is C15H20ClF3N2O. The van der Waals surface area contributed by atoms with Crippen molar-refractivity contribution in [3.05, 3.63) is 29.8 Å². The van der Waals surface area contributed by atoms with Gasteiger partial charge in [0, 0.05) is 12.1 Å². The lowest BCUT2D eigenvalue weighted by Crippen LogP contribution is -2.29. The maximum absolute atomic E-state index is 12.1. The minimum Gasteiger partial charge on any atom is -0.325 e. The Hall–Kier alpha value is -1.27. The van der Waals surface area contributed by atoms with E-state index in [-0.39, 0.29) is 31.3 Å². The predicted octanol–water partition coefficient (Wildman–Crippen LogP) is 3.54. The van der Waals surface area contributed by atoms with Crippen molar-refractivity contribution in [3.63, 3.8) is 0 Å². The van der Waals surface area contributed by atoms with Gasteiger partial charge in [-0.1, -0.05) is 12.1 Å². The Labute approximate surface area is 134 Å². The third kappa shape index (κ3) is 7.66. The third-order valence-corrected chi connectivity index (χ3v) is 3.35. The highest BCUT2D eigenvalue weighted by Crippen LogP contribution is 2.27. The van der Waals surface area contributed by atoms with E-state index in [4.69, 9.17) is 0 Å². The van der Waals surface area contributed by atoms with Crippen molar-refractivity contribution in [3.8, 4) is 0 Å². The second-order valence-electron chi connectivity index (χ2n) is 5.43. The Balaban J connectivity index is 0.00000242. The van der Waals surface area contributed by atoms with Crippen LogP contribution in [0, 0.1) is 5.92 Å². The number of nitrogens with one attached hydrogen (secondary N) is 2. The van der Waals surface area contributed by atoms with Crippen LogP contribution in [0.3, 0.4) is 0 Å². The minimum atomic E-state index is -4.14. The van der Waals surface area contributed by atoms with E-state index in [1.807, 2.05) is 0 Å². The van der Waals surface area contributed by atoms with Crippen LogP contribution in [-0.4, -0.2) is 25.2 Å². The van der Waals surface area contributed by atoms with Gasteiger partial charge in [-0.15, -0.1) is 12.4 Å². The molecule has 1 aromatic rings. The number of rotatable bonds is 7. The van der Waals surface area contributed by atoms with E-state index in [1.165, 1.54) is 12.8 Å². The Morgan fingerprint density at radius 3 is 2.36 bits per heavy atom. The number of benzene rings is 1. The second kappa shape index (κ2) is 8.39. The summed E-state index contributed by atoms with van der Waals surface area (Å²) < 4.78 is 36.3. The molecule has 0 atom stereocenters. The van der Waals surface area contributed by atoms with Gasteiger partial charge in [0.15, 0.2) is 0 Å². The molecule has 3 nitrogen and oxygen atoms in total. The molecule has 1 saturated carbocycles. The van der Waals surface area contributed by atoms with Gasteiger partial charge in [-0.05, 0) is 49.4 Å². The van der Waals surface area contributed by atoms with Crippen LogP contribution in [-0.2, 0) is 11.2 Å². The molecule has 0 spiro atoms. The molecule has 1 aromatic carbocycles. The Bertz CT molecular complexity index is 473. The summed E-state index contributed by atoms with van der Waals surface area (Å²) in [5.74, 6) is 0.574. The summed E-state index contributed by atoms with van der Waals surface area (Å²) >= 11 is 0. The standard InChI is InChI=1S/C15H19F3N2O.ClH/c16-15(17,18)8-7-11-3-5-13(6-4-11)20-14(21)10-19-9-12-1-2-12;/h3-6,12,19H,1-2,7-10H2,(H,20,21);1H. The molecule has 1 aliphatic carbocycles. The zero-order valence-corrected chi connectivity index (χ0v) is 12.9. The topological polar surface area (TPSA) is 41.1 Å². The first-order valence-electron chi connectivity index (χ1n) is 7.08. The van der Waals surface area contributed by atoms with Crippen LogP contribution in [0.4, 0.5) is 18.9 Å². The number of halogens is 4. The number of hydrogen-bond donors (Lipinski definition) is 2. The molecular weight excluding hydrogens is 317 g/mol. The fourth-order valence-corrected chi connectivity index (χ4v) is 1.96. The summed E-state index contributed by atoms with van der Waals surface area (Å²) in [5, 5.41) is 5.79. The van der Waals surface area contributed by atoms with E-state index in [0.29, 0.717) is 17.2 Å². The molecule has 0 unspecified atom stereocenters. The van der Waals surface area contributed by atoms with Gasteiger partial charge in [0.25, 0.3) is 0 Å². The molecule has 1 fully saturated rings. The summed E-state index contributed by atoms with van der Waals surface area (Å²) in [6.45, 7) is 1.12. The fourth-order valence-electron chi connectivity index (χ4n) is 1.96. The summed E-state index contributed by atoms with van der Waals surface area (Å²) in [6.07, 6.45) is -2.55. The third-order valence-electron chi connectivity index (χ3n) is 3.35. The molecule has 0 saturated heterocycles. The Morgan fingerprint density at radius 1 is 1.18 bits per heavy atom. The van der Waals surface area contributed by atoms with Gasteiger partial charge >= 0.3 is 6.18 Å². The molecule has 0 heterocycles. The van der Waals surface area contributed by atoms with Crippen molar-refractivity contribution in [2.45, 2.75) is 31.9 Å². The molecule has 0 bridgehead atoms. The van der Waals surface area contributed by atoms with Gasteiger partial charge in [-0.2, -0.15) is 13.2 Å². The van der Waals surface area contributed by atoms with Crippen LogP contribution in [0.2, 0.25) is 0 Å². The molecule has 0 aromatic heterocycles. The monoisotopic (exact) mass is 336 g/mol. The van der Waals surface area contributed by atoms with E-state index >= 15 is 0 Å². The van der Waals surface area contributed by atoms with Crippen LogP contribution >= 0.6 is 12.4 Å². The van der Waals surface area contributed by atoms with Crippen LogP contribution < -0.4 is 10.6 Å². The molecule has 1 amide bonds. The molecule has 1 aliphatic rings. The molecule has 2 rings (SSSR count). The number of aryl methyl sites for hydroxylation is 1. The molecule has 124 valence electrons. The first-order chi connectivity index (χ1) is 9.92. The second-order valence-corrected chi connectivity index (χ2v) is 5.43. The summed E-state index contributed by atoms with van der Waals surface area (Å²) in [4.78, 5) is 11.6. The highest BCUT2D eigenvalue weighted by atomic mass is 35.5. The van der Waals surface area contributed by atoms with Crippen molar-refractivity contribution >= 4 is 24.0 Å². The van der Waals surface area contributed by atoms with Crippen LogP contribution in [0.25, 0.3) is 0 Å². The van der Waals surface area contributed by atoms with Crippen molar-refractivity contribution < 1.29 is 18.0 Å². The van der Waals surface area contributed by atoms with Crippen LogP contribution in [0.5, 0.6) is 0 Å². The van der Waals surface area contributed by atoms with Crippen molar-refractivity contribution in [2.75, 3.05) is 18.4 Å². The van der Waals surface area contributed by atoms with Gasteiger partial charge in [0.2, 0.25) is 5.91 Å². The van der Waals surface area contributed by atoms with Crippen LogP contribution in [0.1, 0.15) is 24.8 Å². The normalized spacial score (nSPS) is 14.3. The molecule has 22 heavy (non-hydrogen) atoms. The summed E-state index contributed by atoms with van der Waals surface area (Å²) in [6, 6.07) is 6.48. The highest BCUT2D eigenvalue weighted by molar-refractivity contribution is 5.92. The van der Waals surface area contributed by atoms with Gasteiger partial charge < -0.3 is 10.6 Å². The Morgan fingerprint density at radius 2 is 1.82 bits per heavy atom. The number of carbonyl (C=O) groups excluding carboxylic acids is 1. The maximum atomic E-state index is 12.1. The van der Waals surface area contributed by atoms with Gasteiger partial charge in [0.05, 0.1) is 6.54 Å². The van der Waals surface area contributed by atoms with Crippen molar-refractivity contribution in [1.82, 2.24) is 5.32 Å². The van der Waals surface area contributed by atoms with Gasteiger partial charge in [-0.3, -0.25) is 4.79 Å². The zero-order valence-electron chi connectivity index (χ0n) is 12.1. The molecule has 0 radical (unpaired) electrons. The number of hydrogen-bond acceptors (Lipinski definition) is 2. The summed E-state index contributed by atoms with van der Waals surface area (Å²) in [5.41, 5.74) is 1.21. The number of carbonyl (C=O) groups is 1. The van der Waals surface area contributed by atoms with E-state index in [1.54, 1.807) is 24.3 Å². The fraction of sp³-hybridized carbons (Fsp3) is 0.533. The quantitative estimate of drug-likeness (QED) is 0.799. The average Bonchev–Trinajstić information content (AvgIpc) is 3.21. The lowest BCUT2D eigenvalue weighted by Gasteiger charge is -2.08. The van der Waals surface area contributed by atoms with E-state index in [9.17, 15) is 18.0 Å². The first-order valence-corrected chi connectivity index (χ1v) is 7.08. The number of anilines is 1. The number of amides is 1. The van der Waals surface area contributed by atoms with Gasteiger partial charge in [-0.25, -0.2) is 0 Å².